The van der Waals surface area contributed by atoms with Crippen LogP contribution in [0.5, 0.6) is 5.75 Å². The topological polar surface area (TPSA) is 163 Å². The fourth-order valence-corrected chi connectivity index (χ4v) is 3.97. The van der Waals surface area contributed by atoms with Gasteiger partial charge in [0, 0.05) is 13.0 Å². The zero-order chi connectivity index (χ0) is 27.9. The second kappa shape index (κ2) is 16.3. The zero-order valence-electron chi connectivity index (χ0n) is 21.7. The Labute approximate surface area is 227 Å². The van der Waals surface area contributed by atoms with E-state index in [1.165, 1.54) is 19.1 Å². The standard InChI is InChI=1S/C27H37N5O5S/c1-18(31-26(36)22(28)15-20-9-11-21(33)12-10-20)25(35)30-17-24(34)32-23(16-19-7-4-3-5-8-19)27(37)29-13-6-14-38-2/h3-5,7-12,18,22-23,33H,6,13-17,28H2,1-2H3,(H,29,37)(H,30,35)(H,31,36)(H,32,34)/t18-,22?,23+/m1/s1. The van der Waals surface area contributed by atoms with Crippen LogP contribution in [-0.4, -0.2) is 72.0 Å². The molecule has 2 aromatic carbocycles. The lowest BCUT2D eigenvalue weighted by Gasteiger charge is -2.20. The van der Waals surface area contributed by atoms with Gasteiger partial charge in [-0.05, 0) is 55.0 Å². The number of rotatable bonds is 15. The SMILES string of the molecule is CSCCCNC(=O)[C@H](Cc1ccccc1)NC(=O)CNC(=O)[C@@H](C)NC(=O)C(N)Cc1ccc(O)cc1. The van der Waals surface area contributed by atoms with E-state index < -0.39 is 35.8 Å². The van der Waals surface area contributed by atoms with E-state index in [0.717, 1.165) is 23.3 Å². The van der Waals surface area contributed by atoms with Crippen molar-refractivity contribution in [3.8, 4) is 5.75 Å². The summed E-state index contributed by atoms with van der Waals surface area (Å²) < 4.78 is 0. The Morgan fingerprint density at radius 3 is 2.18 bits per heavy atom. The summed E-state index contributed by atoms with van der Waals surface area (Å²) in [4.78, 5) is 50.2. The lowest BCUT2D eigenvalue weighted by atomic mass is 10.1. The molecule has 0 fully saturated rings. The summed E-state index contributed by atoms with van der Waals surface area (Å²) in [6, 6.07) is 13.0. The number of hydrogen-bond donors (Lipinski definition) is 6. The number of nitrogens with one attached hydrogen (secondary N) is 4. The summed E-state index contributed by atoms with van der Waals surface area (Å²) in [5, 5.41) is 19.9. The molecule has 0 saturated heterocycles. The summed E-state index contributed by atoms with van der Waals surface area (Å²) >= 11 is 1.69. The highest BCUT2D eigenvalue weighted by atomic mass is 32.2. The Hall–Kier alpha value is -3.57. The number of aromatic hydroxyl groups is 1. The van der Waals surface area contributed by atoms with Gasteiger partial charge in [0.15, 0.2) is 0 Å². The van der Waals surface area contributed by atoms with Gasteiger partial charge in [0.2, 0.25) is 23.6 Å². The van der Waals surface area contributed by atoms with E-state index in [1.807, 2.05) is 36.6 Å². The van der Waals surface area contributed by atoms with Gasteiger partial charge in [0.25, 0.3) is 0 Å². The number of benzene rings is 2. The van der Waals surface area contributed by atoms with Crippen molar-refractivity contribution in [3.05, 3.63) is 65.7 Å². The number of hydrogen-bond acceptors (Lipinski definition) is 7. The first-order chi connectivity index (χ1) is 18.2. The molecule has 38 heavy (non-hydrogen) atoms. The molecule has 7 N–H and O–H groups in total. The second-order valence-electron chi connectivity index (χ2n) is 8.87. The van der Waals surface area contributed by atoms with Gasteiger partial charge in [-0.1, -0.05) is 42.5 Å². The summed E-state index contributed by atoms with van der Waals surface area (Å²) in [6.07, 6.45) is 3.34. The van der Waals surface area contributed by atoms with Crippen LogP contribution >= 0.6 is 11.8 Å². The highest BCUT2D eigenvalue weighted by molar-refractivity contribution is 7.98. The molecule has 3 atom stereocenters. The predicted molar refractivity (Wildman–Crippen MR) is 148 cm³/mol. The minimum absolute atomic E-state index is 0.110. The lowest BCUT2D eigenvalue weighted by molar-refractivity contribution is -0.131. The lowest BCUT2D eigenvalue weighted by Crippen LogP contribution is -2.53. The number of phenols is 1. The number of phenolic OH excluding ortho intramolecular Hbond substituents is 1. The van der Waals surface area contributed by atoms with Gasteiger partial charge in [0.1, 0.15) is 17.8 Å². The van der Waals surface area contributed by atoms with E-state index in [9.17, 15) is 24.3 Å². The maximum atomic E-state index is 12.7. The highest BCUT2D eigenvalue weighted by Gasteiger charge is 2.23. The summed E-state index contributed by atoms with van der Waals surface area (Å²) in [5.41, 5.74) is 7.60. The van der Waals surface area contributed by atoms with Crippen LogP contribution in [0.15, 0.2) is 54.6 Å². The molecule has 206 valence electrons. The molecule has 0 aliphatic carbocycles. The first-order valence-electron chi connectivity index (χ1n) is 12.4. The highest BCUT2D eigenvalue weighted by Crippen LogP contribution is 2.11. The van der Waals surface area contributed by atoms with Crippen LogP contribution in [0.3, 0.4) is 0 Å². The molecule has 11 heteroatoms. The Morgan fingerprint density at radius 1 is 0.868 bits per heavy atom. The van der Waals surface area contributed by atoms with Crippen molar-refractivity contribution in [2.24, 2.45) is 5.73 Å². The average Bonchev–Trinajstić information content (AvgIpc) is 2.91. The molecule has 0 saturated carbocycles. The van der Waals surface area contributed by atoms with Gasteiger partial charge in [-0.15, -0.1) is 0 Å². The van der Waals surface area contributed by atoms with Crippen molar-refractivity contribution in [2.75, 3.05) is 25.1 Å². The third-order valence-corrected chi connectivity index (χ3v) is 6.36. The van der Waals surface area contributed by atoms with Crippen LogP contribution in [0.4, 0.5) is 0 Å². The summed E-state index contributed by atoms with van der Waals surface area (Å²) in [6.45, 7) is 1.63. The molecule has 2 aromatic rings. The minimum atomic E-state index is -0.930. The number of thioether (sulfide) groups is 1. The third kappa shape index (κ3) is 11.2. The Bertz CT molecular complexity index is 1050. The smallest absolute Gasteiger partial charge is 0.242 e. The Kier molecular flexibility index (Phi) is 13.2. The van der Waals surface area contributed by atoms with Crippen molar-refractivity contribution >= 4 is 35.4 Å². The van der Waals surface area contributed by atoms with Crippen molar-refractivity contribution < 1.29 is 24.3 Å². The van der Waals surface area contributed by atoms with Crippen LogP contribution in [-0.2, 0) is 32.0 Å². The molecule has 2 rings (SSSR count). The van der Waals surface area contributed by atoms with E-state index in [0.29, 0.717) is 13.0 Å². The van der Waals surface area contributed by atoms with Crippen molar-refractivity contribution in [1.29, 1.82) is 0 Å². The molecule has 0 aliphatic rings. The fourth-order valence-electron chi connectivity index (χ4n) is 3.54. The zero-order valence-corrected chi connectivity index (χ0v) is 22.6. The first kappa shape index (κ1) is 30.7. The number of carbonyl (C=O) groups excluding carboxylic acids is 4. The average molecular weight is 544 g/mol. The van der Waals surface area contributed by atoms with Crippen molar-refractivity contribution in [1.82, 2.24) is 21.3 Å². The van der Waals surface area contributed by atoms with E-state index in [4.69, 9.17) is 5.73 Å². The maximum Gasteiger partial charge on any atom is 0.242 e. The molecular formula is C27H37N5O5S. The molecule has 0 radical (unpaired) electrons. The van der Waals surface area contributed by atoms with E-state index >= 15 is 0 Å². The van der Waals surface area contributed by atoms with Crippen LogP contribution < -0.4 is 27.0 Å². The molecule has 1 unspecified atom stereocenters. The molecule has 0 spiro atoms. The fraction of sp³-hybridized carbons (Fsp3) is 0.407. The van der Waals surface area contributed by atoms with Gasteiger partial charge in [-0.2, -0.15) is 11.8 Å². The molecule has 4 amide bonds. The Balaban J connectivity index is 1.84. The Morgan fingerprint density at radius 2 is 1.53 bits per heavy atom. The minimum Gasteiger partial charge on any atom is -0.508 e. The monoisotopic (exact) mass is 543 g/mol. The largest absolute Gasteiger partial charge is 0.508 e. The normalized spacial score (nSPS) is 13.0. The number of nitrogens with two attached hydrogens (primary N) is 1. The van der Waals surface area contributed by atoms with E-state index in [1.54, 1.807) is 23.9 Å². The van der Waals surface area contributed by atoms with Crippen LogP contribution in [0.25, 0.3) is 0 Å². The quantitative estimate of drug-likeness (QED) is 0.178. The van der Waals surface area contributed by atoms with Gasteiger partial charge in [-0.25, -0.2) is 0 Å². The molecule has 0 bridgehead atoms. The van der Waals surface area contributed by atoms with E-state index in [-0.39, 0.29) is 24.6 Å². The third-order valence-electron chi connectivity index (χ3n) is 5.66. The molecule has 0 heterocycles. The van der Waals surface area contributed by atoms with Crippen LogP contribution in [0.1, 0.15) is 24.5 Å². The maximum absolute atomic E-state index is 12.7. The molecule has 0 aliphatic heterocycles. The van der Waals surface area contributed by atoms with Crippen molar-refractivity contribution in [3.63, 3.8) is 0 Å². The van der Waals surface area contributed by atoms with Gasteiger partial charge >= 0.3 is 0 Å². The van der Waals surface area contributed by atoms with E-state index in [2.05, 4.69) is 21.3 Å². The molecule has 0 aromatic heterocycles. The summed E-state index contributed by atoms with van der Waals surface area (Å²) in [7, 11) is 0. The number of amides is 4. The van der Waals surface area contributed by atoms with Crippen molar-refractivity contribution in [2.45, 2.75) is 44.3 Å². The molecule has 10 nitrogen and oxygen atoms in total. The molecular weight excluding hydrogens is 506 g/mol. The van der Waals surface area contributed by atoms with Gasteiger partial charge in [0.05, 0.1) is 12.6 Å². The van der Waals surface area contributed by atoms with Gasteiger partial charge in [-0.3, -0.25) is 19.2 Å². The van der Waals surface area contributed by atoms with Gasteiger partial charge < -0.3 is 32.1 Å². The van der Waals surface area contributed by atoms with Crippen LogP contribution in [0.2, 0.25) is 0 Å². The predicted octanol–water partition coefficient (Wildman–Crippen LogP) is 0.480. The first-order valence-corrected chi connectivity index (χ1v) is 13.8. The van der Waals surface area contributed by atoms with Crippen LogP contribution in [0, 0.1) is 0 Å². The second-order valence-corrected chi connectivity index (χ2v) is 9.86. The summed E-state index contributed by atoms with van der Waals surface area (Å²) in [5.74, 6) is -0.880. The number of carbonyl (C=O) groups is 4.